The molecule has 4 aromatic carbocycles. The van der Waals surface area contributed by atoms with Gasteiger partial charge in [-0.2, -0.15) is 0 Å². The van der Waals surface area contributed by atoms with E-state index in [4.69, 9.17) is 44.6 Å². The molecule has 0 bridgehead atoms. The molecule has 6 amide bonds. The summed E-state index contributed by atoms with van der Waals surface area (Å²) in [5, 5.41) is 11.0. The van der Waals surface area contributed by atoms with E-state index in [0.29, 0.717) is 82.6 Å². The van der Waals surface area contributed by atoms with E-state index in [1.165, 1.54) is 46.0 Å². The number of nitrogens with two attached hydrogens (primary N) is 1. The highest BCUT2D eigenvalue weighted by molar-refractivity contribution is 9.11. The molecule has 4 N–H and O–H groups in total. The minimum Gasteiger partial charge on any atom is -0.444 e. The van der Waals surface area contributed by atoms with Crippen LogP contribution >= 0.6 is 154 Å². The summed E-state index contributed by atoms with van der Waals surface area (Å²) in [6, 6.07) is 24.4. The highest BCUT2D eigenvalue weighted by Crippen LogP contribution is 2.53. The third kappa shape index (κ3) is 29.8. The number of nitrogens with zero attached hydrogens (tertiary/aromatic N) is 8. The number of ether oxygens (including phenoxy) is 4. The molecule has 23 nitrogen and oxygen atoms in total. The van der Waals surface area contributed by atoms with Crippen LogP contribution in [0.15, 0.2) is 116 Å². The van der Waals surface area contributed by atoms with Crippen molar-refractivity contribution in [3.8, 4) is 42.3 Å². The van der Waals surface area contributed by atoms with Crippen molar-refractivity contribution < 1.29 is 57.3 Å². The van der Waals surface area contributed by atoms with Crippen LogP contribution in [0.5, 0.6) is 0 Å². The maximum absolute atomic E-state index is 13.1. The van der Waals surface area contributed by atoms with Gasteiger partial charge < -0.3 is 54.9 Å². The van der Waals surface area contributed by atoms with Crippen LogP contribution in [0.1, 0.15) is 274 Å². The molecule has 0 radical (unpaired) electrons. The Kier molecular flexibility index (Phi) is 38.9. The van der Waals surface area contributed by atoms with E-state index in [0.717, 1.165) is 209 Å². The van der Waals surface area contributed by atoms with Crippen LogP contribution in [-0.4, -0.2) is 141 Å². The largest absolute Gasteiger partial charge is 0.444 e. The molecule has 35 heteroatoms. The van der Waals surface area contributed by atoms with Gasteiger partial charge in [-0.3, -0.25) is 19.2 Å². The summed E-state index contributed by atoms with van der Waals surface area (Å²) in [6.07, 6.45) is 13.6. The molecule has 0 saturated carbocycles. The van der Waals surface area contributed by atoms with Crippen molar-refractivity contribution in [1.29, 1.82) is 0 Å². The van der Waals surface area contributed by atoms with Gasteiger partial charge in [0.15, 0.2) is 0 Å². The number of carbonyl (C=O) groups excluding carboxylic acids is 8. The summed E-state index contributed by atoms with van der Waals surface area (Å²) in [5.74, 6) is 1.32. The molecular weight excluding hydrogens is 2220 g/mol. The van der Waals surface area contributed by atoms with E-state index in [2.05, 4.69) is 148 Å². The van der Waals surface area contributed by atoms with Crippen LogP contribution in [0.4, 0.5) is 29.2 Å². The molecular formula is C108H133Br4N11O12S8. The second-order valence-electron chi connectivity index (χ2n) is 41.0. The van der Waals surface area contributed by atoms with Gasteiger partial charge in [0.25, 0.3) is 0 Å². The molecule has 0 saturated heterocycles. The number of rotatable bonds is 23. The van der Waals surface area contributed by atoms with Crippen LogP contribution in [0, 0.1) is 11.8 Å². The highest BCUT2D eigenvalue weighted by atomic mass is 79.9. The van der Waals surface area contributed by atoms with Gasteiger partial charge >= 0.3 is 24.4 Å². The molecule has 0 spiro atoms. The van der Waals surface area contributed by atoms with Crippen molar-refractivity contribution in [2.45, 2.75) is 314 Å². The van der Waals surface area contributed by atoms with Crippen LogP contribution in [-0.2, 0) is 89.7 Å². The minimum atomic E-state index is -0.559. The smallest absolute Gasteiger partial charge is 0.410 e. The number of Topliss-reactive ketones (excluding diaryl/α,β-unsaturated/α-hetero) is 2. The number of aromatic nitrogens is 4. The summed E-state index contributed by atoms with van der Waals surface area (Å²) < 4.78 is 31.0. The second-order valence-corrected chi connectivity index (χ2v) is 53.2. The number of nitrogens with one attached hydrogen (secondary N) is 2. The van der Waals surface area contributed by atoms with E-state index in [9.17, 15) is 38.4 Å². The van der Waals surface area contributed by atoms with Gasteiger partial charge in [-0.25, -0.2) is 39.1 Å². The molecule has 4 aliphatic heterocycles. The first kappa shape index (κ1) is 114. The van der Waals surface area contributed by atoms with Gasteiger partial charge in [0.05, 0.1) is 66.0 Å². The standard InChI is InChI=1S/2C29H37BrN2O3S2.2C23H24BrN3O3S2.C4H11N/c1-7-17(2)9-8-10-20(33)15-24-26(27-31-22-14-19(30)11-12-23(22)37-27)21-13-18(3)32(16-25(21)36-24)28(34)35-29(4,5)6;1-7-17(2)9-8-10-20(33)16-24-25(27-31-22-15-19(30)11-12-23(22)37-27)21-13-14-32(18(3)26(21)36-24)28(34)35-29(4,5)6;1-6-18(28)26-21-19(20-25-15-10-13(24)7-8-16(15)31-20)14-9-12(2)27(11-17(14)32-21)22(29)30-23(3,4)5;1-6-17(28)26-21-18(20-25-15-11-13(24)7-8-16(15)31-20)14-9-10-27(12(2)19(14)32-21)22(29)30-23(3,4)5;1-3-4(2)5/h11-12,14,17-18H,7-10,13,15-16H2,1-6H3;11-12,15,17-18H,7-10,13-14,16H2,1-6H3;6-8,10,12H,1,9,11H2,2-5H3,(H,26,28);6-8,11-12H,1,9-10H2,2-5H3,(H,26,28);4H,3,5H2,1-2H3/t2*17-,18+;2*12-;4-/m00110/s1. The number of fused-ring (bicyclic) bond motifs is 8. The summed E-state index contributed by atoms with van der Waals surface area (Å²) in [4.78, 5) is 135. The van der Waals surface area contributed by atoms with Crippen molar-refractivity contribution >= 4 is 253 Å². The highest BCUT2D eigenvalue weighted by Gasteiger charge is 2.42. The lowest BCUT2D eigenvalue weighted by atomic mass is 9.95. The van der Waals surface area contributed by atoms with Crippen LogP contribution in [0.25, 0.3) is 83.2 Å². The molecule has 0 unspecified atom stereocenters. The zero-order valence-corrected chi connectivity index (χ0v) is 98.7. The number of benzene rings is 4. The van der Waals surface area contributed by atoms with E-state index in [1.807, 2.05) is 174 Å². The monoisotopic (exact) mass is 2350 g/mol. The number of thiazole rings is 4. The van der Waals surface area contributed by atoms with Crippen molar-refractivity contribution in [3.63, 3.8) is 0 Å². The number of anilines is 2. The predicted octanol–water partition coefficient (Wildman–Crippen LogP) is 31.9. The number of hydrogen-bond acceptors (Lipinski definition) is 25. The van der Waals surface area contributed by atoms with Crippen LogP contribution < -0.4 is 16.4 Å². The maximum Gasteiger partial charge on any atom is 0.410 e. The van der Waals surface area contributed by atoms with Crippen molar-refractivity contribution in [2.24, 2.45) is 17.6 Å². The predicted molar refractivity (Wildman–Crippen MR) is 608 cm³/mol. The lowest BCUT2D eigenvalue weighted by molar-refractivity contribution is -0.119. The van der Waals surface area contributed by atoms with Crippen LogP contribution in [0.2, 0.25) is 0 Å². The number of halogens is 4. The van der Waals surface area contributed by atoms with Gasteiger partial charge in [-0.05, 0) is 282 Å². The average Bonchev–Trinajstić information content (AvgIpc) is 1.62. The number of hydrogen-bond donors (Lipinski definition) is 3. The fourth-order valence-corrected chi connectivity index (χ4v) is 27.9. The number of carbonyl (C=O) groups is 8. The molecule has 143 heavy (non-hydrogen) atoms. The summed E-state index contributed by atoms with van der Waals surface area (Å²) in [7, 11) is 0. The fourth-order valence-electron chi connectivity index (χ4n) is 16.8. The third-order valence-corrected chi connectivity index (χ3v) is 35.9. The average molecular weight is 2350 g/mol. The van der Waals surface area contributed by atoms with Crippen molar-refractivity contribution in [2.75, 3.05) is 23.7 Å². The Morgan fingerprint density at radius 3 is 1.08 bits per heavy atom. The summed E-state index contributed by atoms with van der Waals surface area (Å²) in [5.41, 5.74) is 15.6. The molecule has 7 atom stereocenters. The SMILES string of the molecule is C=CC(=O)Nc1sc2c(c1-c1nc3cc(Br)ccc3s1)CCN(C(=O)OC(C)(C)C)[C@@H]2C.C=CC(=O)Nc1sc2c(c1-c1nc3cc(Br)ccc3s1)C[C@@H](C)N(C(=O)OC(C)(C)C)C2.CC[C@H](C)CCCC(=O)Cc1sc2c(c1-c1nc3cc(Br)ccc3s1)CCN(C(=O)OC(C)(C)C)[C@@H]2C.CC[C@H](C)CCCC(=O)Cc1sc2c(c1-c1nc3cc(Br)ccc3s1)C[C@@H](C)N(C(=O)OC(C)(C)C)C2.CC[C@H](C)N. The van der Waals surface area contributed by atoms with Crippen LogP contribution in [0.3, 0.4) is 0 Å². The summed E-state index contributed by atoms with van der Waals surface area (Å²) >= 11 is 27.0. The molecule has 12 heterocycles. The number of thiophene rings is 4. The molecule has 16 rings (SSSR count). The Hall–Kier alpha value is -8.04. The van der Waals surface area contributed by atoms with E-state index in [1.54, 1.807) is 77.8 Å². The number of ketones is 2. The van der Waals surface area contributed by atoms with Crippen molar-refractivity contribution in [1.82, 2.24) is 39.5 Å². The third-order valence-electron chi connectivity index (χ3n) is 24.7. The van der Waals surface area contributed by atoms with Gasteiger partial charge in [0.2, 0.25) is 11.8 Å². The lowest BCUT2D eigenvalue weighted by Crippen LogP contribution is -2.44. The summed E-state index contributed by atoms with van der Waals surface area (Å²) in [6.45, 7) is 52.9. The molecule has 0 aliphatic carbocycles. The van der Waals surface area contributed by atoms with E-state index >= 15 is 0 Å². The molecule has 8 aromatic heterocycles. The Balaban J connectivity index is 0.000000168. The first-order chi connectivity index (χ1) is 67.3. The molecule has 0 fully saturated rings. The topological polar surface area (TPSA) is 288 Å². The lowest BCUT2D eigenvalue weighted by Gasteiger charge is -2.35. The van der Waals surface area contributed by atoms with Gasteiger partial charge in [0, 0.05) is 126 Å². The zero-order valence-electron chi connectivity index (χ0n) is 85.8. The minimum absolute atomic E-state index is 0.00157. The Morgan fingerprint density at radius 1 is 0.434 bits per heavy atom. The second kappa shape index (κ2) is 48.9. The Bertz CT molecular complexity index is 6620. The number of amides is 6. The van der Waals surface area contributed by atoms with Gasteiger partial charge in [-0.15, -0.1) is 90.7 Å². The Labute approximate surface area is 906 Å². The van der Waals surface area contributed by atoms with Gasteiger partial charge in [-0.1, -0.05) is 137 Å². The Morgan fingerprint density at radius 2 is 0.734 bits per heavy atom. The van der Waals surface area contributed by atoms with E-state index in [-0.39, 0.29) is 71.9 Å². The van der Waals surface area contributed by atoms with E-state index < -0.39 is 22.4 Å². The molecule has 768 valence electrons. The van der Waals surface area contributed by atoms with Crippen molar-refractivity contribution in [3.05, 3.63) is 168 Å². The van der Waals surface area contributed by atoms with Gasteiger partial charge in [0.1, 0.15) is 64.0 Å². The normalized spacial score (nSPS) is 16.3. The molecule has 12 aromatic rings. The molecule has 4 aliphatic rings. The first-order valence-corrected chi connectivity index (χ1v) is 58.5. The first-order valence-electron chi connectivity index (χ1n) is 48.8. The quantitative estimate of drug-likeness (QED) is 0.0396. The maximum atomic E-state index is 13.1. The zero-order chi connectivity index (χ0) is 105. The fraction of sp³-hybridized carbons (Fsp3) is 0.481.